The van der Waals surface area contributed by atoms with Crippen molar-refractivity contribution in [1.82, 2.24) is 0 Å². The number of rotatable bonds is 0. The van der Waals surface area contributed by atoms with Gasteiger partial charge in [-0.1, -0.05) is 0 Å². The number of halogens is 1. The zero-order valence-corrected chi connectivity index (χ0v) is 8.87. The Labute approximate surface area is 93.2 Å². The number of carbonyl (C=O) groups excluding carboxylic acids is 1. The molecule has 1 atom stereocenters. The van der Waals surface area contributed by atoms with Crippen LogP contribution in [0.2, 0.25) is 0 Å². The third kappa shape index (κ3) is 1.37. The number of hydrogen-bond acceptors (Lipinski definition) is 2. The standard InChI is InChI=1S/C12H13FN2O/c13-8-4-5-10-9(7-8)14-12(16)11-3-1-2-6-15(10)11/h4-5,7,11H,1-3,6H2,(H,14,16). The van der Waals surface area contributed by atoms with Crippen molar-refractivity contribution in [3.63, 3.8) is 0 Å². The summed E-state index contributed by atoms with van der Waals surface area (Å²) in [7, 11) is 0. The van der Waals surface area contributed by atoms with E-state index in [1.165, 1.54) is 12.1 Å². The van der Waals surface area contributed by atoms with Gasteiger partial charge in [0, 0.05) is 6.54 Å². The molecule has 0 radical (unpaired) electrons. The van der Waals surface area contributed by atoms with E-state index in [9.17, 15) is 9.18 Å². The first kappa shape index (κ1) is 9.63. The van der Waals surface area contributed by atoms with Crippen LogP contribution < -0.4 is 10.2 Å². The second-order valence-corrected chi connectivity index (χ2v) is 4.36. The van der Waals surface area contributed by atoms with E-state index < -0.39 is 0 Å². The summed E-state index contributed by atoms with van der Waals surface area (Å²) in [6.07, 6.45) is 3.08. The van der Waals surface area contributed by atoms with Crippen LogP contribution in [0.4, 0.5) is 15.8 Å². The number of fused-ring (bicyclic) bond motifs is 3. The lowest BCUT2D eigenvalue weighted by Gasteiger charge is -2.41. The molecule has 0 bridgehead atoms. The van der Waals surface area contributed by atoms with Crippen molar-refractivity contribution >= 4 is 17.3 Å². The predicted molar refractivity (Wildman–Crippen MR) is 60.0 cm³/mol. The van der Waals surface area contributed by atoms with Gasteiger partial charge in [-0.05, 0) is 37.5 Å². The Morgan fingerprint density at radius 1 is 1.38 bits per heavy atom. The molecule has 0 saturated carbocycles. The highest BCUT2D eigenvalue weighted by atomic mass is 19.1. The number of carbonyl (C=O) groups is 1. The van der Waals surface area contributed by atoms with Gasteiger partial charge in [0.05, 0.1) is 11.4 Å². The van der Waals surface area contributed by atoms with Crippen molar-refractivity contribution in [3.8, 4) is 0 Å². The molecule has 2 heterocycles. The minimum absolute atomic E-state index is 0.00204. The summed E-state index contributed by atoms with van der Waals surface area (Å²) in [6, 6.07) is 4.52. The molecule has 4 heteroatoms. The van der Waals surface area contributed by atoms with Gasteiger partial charge in [-0.3, -0.25) is 4.79 Å². The molecule has 1 aromatic rings. The number of piperidine rings is 1. The summed E-state index contributed by atoms with van der Waals surface area (Å²) in [6.45, 7) is 0.886. The first-order valence-electron chi connectivity index (χ1n) is 5.63. The molecule has 1 N–H and O–H groups in total. The van der Waals surface area contributed by atoms with Crippen LogP contribution in [0.1, 0.15) is 19.3 Å². The Morgan fingerprint density at radius 2 is 2.25 bits per heavy atom. The minimum atomic E-state index is -0.311. The highest BCUT2D eigenvalue weighted by Crippen LogP contribution is 2.35. The van der Waals surface area contributed by atoms with Crippen molar-refractivity contribution in [2.45, 2.75) is 25.3 Å². The Morgan fingerprint density at radius 3 is 3.12 bits per heavy atom. The number of nitrogens with zero attached hydrogens (tertiary/aromatic N) is 1. The molecule has 1 aromatic carbocycles. The third-order valence-electron chi connectivity index (χ3n) is 3.33. The van der Waals surface area contributed by atoms with E-state index in [-0.39, 0.29) is 17.8 Å². The SMILES string of the molecule is O=C1Nc2cc(F)ccc2N2CCCCC12. The maximum Gasteiger partial charge on any atom is 0.247 e. The van der Waals surface area contributed by atoms with Crippen molar-refractivity contribution in [2.24, 2.45) is 0 Å². The van der Waals surface area contributed by atoms with Gasteiger partial charge in [0.1, 0.15) is 11.9 Å². The zero-order valence-electron chi connectivity index (χ0n) is 8.87. The second-order valence-electron chi connectivity index (χ2n) is 4.36. The maximum absolute atomic E-state index is 13.1. The lowest BCUT2D eigenvalue weighted by Crippen LogP contribution is -2.50. The van der Waals surface area contributed by atoms with E-state index >= 15 is 0 Å². The van der Waals surface area contributed by atoms with Gasteiger partial charge in [-0.2, -0.15) is 0 Å². The second kappa shape index (κ2) is 3.47. The number of anilines is 2. The molecule has 3 nitrogen and oxygen atoms in total. The number of nitrogens with one attached hydrogen (secondary N) is 1. The van der Waals surface area contributed by atoms with Crippen molar-refractivity contribution in [1.29, 1.82) is 0 Å². The minimum Gasteiger partial charge on any atom is -0.358 e. The number of benzene rings is 1. The molecule has 0 aromatic heterocycles. The Kier molecular flexibility index (Phi) is 2.09. The van der Waals surface area contributed by atoms with E-state index in [4.69, 9.17) is 0 Å². The molecule has 16 heavy (non-hydrogen) atoms. The Bertz CT molecular complexity index is 447. The van der Waals surface area contributed by atoms with Gasteiger partial charge in [0.15, 0.2) is 0 Å². The van der Waals surface area contributed by atoms with Crippen LogP contribution in [-0.4, -0.2) is 18.5 Å². The number of hydrogen-bond donors (Lipinski definition) is 1. The summed E-state index contributed by atoms with van der Waals surface area (Å²) in [5.74, 6) is -0.313. The van der Waals surface area contributed by atoms with Crippen molar-refractivity contribution in [2.75, 3.05) is 16.8 Å². The maximum atomic E-state index is 13.1. The van der Waals surface area contributed by atoms with Gasteiger partial charge in [0.2, 0.25) is 5.91 Å². The zero-order chi connectivity index (χ0) is 11.1. The Hall–Kier alpha value is -1.58. The lowest BCUT2D eigenvalue weighted by molar-refractivity contribution is -0.118. The van der Waals surface area contributed by atoms with Gasteiger partial charge in [-0.25, -0.2) is 4.39 Å². The average Bonchev–Trinajstić information content (AvgIpc) is 2.29. The topological polar surface area (TPSA) is 32.3 Å². The third-order valence-corrected chi connectivity index (χ3v) is 3.33. The van der Waals surface area contributed by atoms with Crippen LogP contribution in [-0.2, 0) is 4.79 Å². The first-order valence-corrected chi connectivity index (χ1v) is 5.63. The molecule has 1 unspecified atom stereocenters. The first-order chi connectivity index (χ1) is 7.75. The van der Waals surface area contributed by atoms with E-state index in [1.54, 1.807) is 6.07 Å². The summed E-state index contributed by atoms with van der Waals surface area (Å²) in [5.41, 5.74) is 1.55. The van der Waals surface area contributed by atoms with Gasteiger partial charge >= 0.3 is 0 Å². The molecule has 1 fully saturated rings. The summed E-state index contributed by atoms with van der Waals surface area (Å²) in [5, 5.41) is 2.78. The normalized spacial score (nSPS) is 23.4. The Balaban J connectivity index is 2.06. The molecule has 0 aliphatic carbocycles. The van der Waals surface area contributed by atoms with E-state index in [0.29, 0.717) is 5.69 Å². The van der Waals surface area contributed by atoms with Gasteiger partial charge in [0.25, 0.3) is 0 Å². The van der Waals surface area contributed by atoms with Crippen LogP contribution in [0, 0.1) is 5.82 Å². The van der Waals surface area contributed by atoms with Crippen LogP contribution in [0.15, 0.2) is 18.2 Å². The molecule has 1 saturated heterocycles. The summed E-state index contributed by atoms with van der Waals surface area (Å²) in [4.78, 5) is 13.9. The molecule has 2 aliphatic rings. The number of amides is 1. The van der Waals surface area contributed by atoms with Crippen LogP contribution in [0.5, 0.6) is 0 Å². The van der Waals surface area contributed by atoms with E-state index in [0.717, 1.165) is 31.5 Å². The molecular weight excluding hydrogens is 207 g/mol. The highest BCUT2D eigenvalue weighted by molar-refractivity contribution is 6.03. The fourth-order valence-corrected chi connectivity index (χ4v) is 2.57. The molecule has 1 amide bonds. The molecule has 0 spiro atoms. The molecule has 2 aliphatic heterocycles. The van der Waals surface area contributed by atoms with Crippen LogP contribution >= 0.6 is 0 Å². The van der Waals surface area contributed by atoms with E-state index in [1.807, 2.05) is 0 Å². The van der Waals surface area contributed by atoms with Crippen molar-refractivity contribution in [3.05, 3.63) is 24.0 Å². The quantitative estimate of drug-likeness (QED) is 0.726. The van der Waals surface area contributed by atoms with Gasteiger partial charge < -0.3 is 10.2 Å². The molecule has 84 valence electrons. The smallest absolute Gasteiger partial charge is 0.247 e. The lowest BCUT2D eigenvalue weighted by atomic mass is 9.97. The fraction of sp³-hybridized carbons (Fsp3) is 0.417. The van der Waals surface area contributed by atoms with Crippen LogP contribution in [0.25, 0.3) is 0 Å². The molecule has 3 rings (SSSR count). The molecular formula is C12H13FN2O. The predicted octanol–water partition coefficient (Wildman–Crippen LogP) is 2.14. The highest BCUT2D eigenvalue weighted by Gasteiger charge is 2.34. The monoisotopic (exact) mass is 220 g/mol. The van der Waals surface area contributed by atoms with Gasteiger partial charge in [-0.15, -0.1) is 0 Å². The fourth-order valence-electron chi connectivity index (χ4n) is 2.57. The average molecular weight is 220 g/mol. The van der Waals surface area contributed by atoms with E-state index in [2.05, 4.69) is 10.2 Å². The summed E-state index contributed by atoms with van der Waals surface area (Å²) < 4.78 is 13.1. The van der Waals surface area contributed by atoms with Crippen LogP contribution in [0.3, 0.4) is 0 Å². The van der Waals surface area contributed by atoms with Crippen molar-refractivity contribution < 1.29 is 9.18 Å². The largest absolute Gasteiger partial charge is 0.358 e. The summed E-state index contributed by atoms with van der Waals surface area (Å²) >= 11 is 0.